The van der Waals surface area contributed by atoms with E-state index >= 15 is 0 Å². The summed E-state index contributed by atoms with van der Waals surface area (Å²) in [5, 5.41) is 9.69. The first-order valence-corrected chi connectivity index (χ1v) is 11.2. The van der Waals surface area contributed by atoms with Gasteiger partial charge in [0.2, 0.25) is 0 Å². The summed E-state index contributed by atoms with van der Waals surface area (Å²) in [5.41, 5.74) is 3.98. The van der Waals surface area contributed by atoms with Gasteiger partial charge in [0.25, 0.3) is 0 Å². The molecule has 1 aromatic rings. The maximum atomic E-state index is 9.69. The Labute approximate surface area is 182 Å². The van der Waals surface area contributed by atoms with E-state index < -0.39 is 0 Å². The lowest BCUT2D eigenvalue weighted by atomic mass is 9.82. The SMILES string of the molecule is CCCCC[N+]1=CCC(C2C=CC(/C(C#N)=C/c3ccc(N(C)C)cc3)=CC2)C=C1. The Hall–Kier alpha value is -2.86. The molecule has 0 saturated heterocycles. The molecule has 2 unspecified atom stereocenters. The Kier molecular flexibility index (Phi) is 7.85. The molecule has 1 heterocycles. The van der Waals surface area contributed by atoms with Crippen LogP contribution in [0, 0.1) is 23.2 Å². The van der Waals surface area contributed by atoms with E-state index in [1.165, 1.54) is 19.3 Å². The molecule has 0 radical (unpaired) electrons. The molecule has 0 aromatic heterocycles. The number of anilines is 1. The molecular formula is C27H34N3+. The average molecular weight is 401 g/mol. The fourth-order valence-electron chi connectivity index (χ4n) is 4.02. The van der Waals surface area contributed by atoms with Crippen LogP contribution in [0.1, 0.15) is 44.6 Å². The zero-order chi connectivity index (χ0) is 21.3. The number of rotatable bonds is 8. The summed E-state index contributed by atoms with van der Waals surface area (Å²) in [6.45, 7) is 3.38. The molecule has 3 rings (SSSR count). The highest BCUT2D eigenvalue weighted by Gasteiger charge is 2.23. The highest BCUT2D eigenvalue weighted by atomic mass is 15.1. The molecule has 0 fully saturated rings. The highest BCUT2D eigenvalue weighted by Crippen LogP contribution is 2.30. The van der Waals surface area contributed by atoms with Crippen LogP contribution in [0.25, 0.3) is 6.08 Å². The molecule has 0 spiro atoms. The van der Waals surface area contributed by atoms with Gasteiger partial charge in [-0.2, -0.15) is 5.26 Å². The average Bonchev–Trinajstić information content (AvgIpc) is 2.78. The van der Waals surface area contributed by atoms with E-state index in [4.69, 9.17) is 0 Å². The molecule has 2 aliphatic rings. The van der Waals surface area contributed by atoms with Crippen LogP contribution in [0.15, 0.2) is 65.9 Å². The van der Waals surface area contributed by atoms with Crippen molar-refractivity contribution in [2.45, 2.75) is 39.0 Å². The smallest absolute Gasteiger partial charge is 0.164 e. The van der Waals surface area contributed by atoms with Gasteiger partial charge in [-0.3, -0.25) is 0 Å². The zero-order valence-electron chi connectivity index (χ0n) is 18.6. The number of hydrogen-bond acceptors (Lipinski definition) is 2. The Balaban J connectivity index is 1.59. The summed E-state index contributed by atoms with van der Waals surface area (Å²) in [5.74, 6) is 1.06. The summed E-state index contributed by atoms with van der Waals surface area (Å²) in [6, 6.07) is 10.7. The number of nitrogens with zero attached hydrogens (tertiary/aromatic N) is 3. The van der Waals surface area contributed by atoms with Crippen molar-refractivity contribution in [3.05, 3.63) is 71.5 Å². The minimum Gasteiger partial charge on any atom is -0.378 e. The number of nitriles is 1. The predicted octanol–water partition coefficient (Wildman–Crippen LogP) is 5.97. The van der Waals surface area contributed by atoms with Crippen molar-refractivity contribution in [3.63, 3.8) is 0 Å². The van der Waals surface area contributed by atoms with Gasteiger partial charge >= 0.3 is 0 Å². The molecule has 1 aliphatic heterocycles. The zero-order valence-corrected chi connectivity index (χ0v) is 18.6. The molecule has 2 atom stereocenters. The topological polar surface area (TPSA) is 30.0 Å². The molecule has 3 nitrogen and oxygen atoms in total. The lowest BCUT2D eigenvalue weighted by Gasteiger charge is -2.23. The van der Waals surface area contributed by atoms with Crippen LogP contribution in [-0.2, 0) is 0 Å². The minimum absolute atomic E-state index is 0.512. The van der Waals surface area contributed by atoms with E-state index in [1.54, 1.807) is 0 Å². The largest absolute Gasteiger partial charge is 0.378 e. The molecule has 0 N–H and O–H groups in total. The van der Waals surface area contributed by atoms with Crippen LogP contribution in [0.2, 0.25) is 0 Å². The second-order valence-electron chi connectivity index (χ2n) is 8.44. The lowest BCUT2D eigenvalue weighted by molar-refractivity contribution is -0.456. The van der Waals surface area contributed by atoms with Crippen LogP contribution >= 0.6 is 0 Å². The fourth-order valence-corrected chi connectivity index (χ4v) is 4.02. The van der Waals surface area contributed by atoms with Crippen molar-refractivity contribution in [3.8, 4) is 6.07 Å². The van der Waals surface area contributed by atoms with Crippen molar-refractivity contribution in [2.75, 3.05) is 25.5 Å². The molecule has 3 heteroatoms. The van der Waals surface area contributed by atoms with Crippen molar-refractivity contribution in [1.29, 1.82) is 5.26 Å². The van der Waals surface area contributed by atoms with Gasteiger partial charge in [-0.05, 0) is 60.1 Å². The van der Waals surface area contributed by atoms with E-state index in [0.717, 1.165) is 41.8 Å². The summed E-state index contributed by atoms with van der Waals surface area (Å²) in [4.78, 5) is 2.08. The number of allylic oxidation sites excluding steroid dienone is 6. The van der Waals surface area contributed by atoms with E-state index in [1.807, 2.05) is 20.2 Å². The van der Waals surface area contributed by atoms with Gasteiger partial charge in [0.1, 0.15) is 12.8 Å². The van der Waals surface area contributed by atoms with Crippen LogP contribution in [-0.4, -0.2) is 31.4 Å². The summed E-state index contributed by atoms with van der Waals surface area (Å²) in [7, 11) is 4.06. The van der Waals surface area contributed by atoms with Gasteiger partial charge in [0.15, 0.2) is 6.20 Å². The monoisotopic (exact) mass is 400 g/mol. The first-order chi connectivity index (χ1) is 14.6. The highest BCUT2D eigenvalue weighted by molar-refractivity contribution is 5.67. The van der Waals surface area contributed by atoms with E-state index in [2.05, 4.69) is 83.5 Å². The third-order valence-corrected chi connectivity index (χ3v) is 5.99. The molecule has 1 aromatic carbocycles. The number of benzene rings is 1. The van der Waals surface area contributed by atoms with Gasteiger partial charge in [0.05, 0.1) is 11.6 Å². The lowest BCUT2D eigenvalue weighted by Crippen LogP contribution is -2.20. The third-order valence-electron chi connectivity index (χ3n) is 5.99. The molecule has 156 valence electrons. The van der Waals surface area contributed by atoms with Crippen LogP contribution in [0.3, 0.4) is 0 Å². The molecule has 1 aliphatic carbocycles. The summed E-state index contributed by atoms with van der Waals surface area (Å²) < 4.78 is 2.35. The van der Waals surface area contributed by atoms with Gasteiger partial charge in [-0.1, -0.05) is 43.7 Å². The van der Waals surface area contributed by atoms with Crippen molar-refractivity contribution >= 4 is 18.0 Å². The molecular weight excluding hydrogens is 366 g/mol. The fraction of sp³-hybridized carbons (Fsp3) is 0.407. The first-order valence-electron chi connectivity index (χ1n) is 11.2. The molecule has 30 heavy (non-hydrogen) atoms. The van der Waals surface area contributed by atoms with Crippen LogP contribution < -0.4 is 4.90 Å². The molecule has 0 saturated carbocycles. The normalized spacial score (nSPS) is 21.1. The molecule has 0 amide bonds. The van der Waals surface area contributed by atoms with E-state index in [-0.39, 0.29) is 0 Å². The summed E-state index contributed by atoms with van der Waals surface area (Å²) in [6.07, 6.45) is 21.5. The van der Waals surface area contributed by atoms with Crippen molar-refractivity contribution in [1.82, 2.24) is 0 Å². The number of unbranched alkanes of at least 4 members (excludes halogenated alkanes) is 2. The van der Waals surface area contributed by atoms with E-state index in [9.17, 15) is 5.26 Å². The maximum absolute atomic E-state index is 9.69. The Morgan fingerprint density at radius 3 is 2.47 bits per heavy atom. The van der Waals surface area contributed by atoms with Gasteiger partial charge < -0.3 is 4.90 Å². The quantitative estimate of drug-likeness (QED) is 0.306. The van der Waals surface area contributed by atoms with Gasteiger partial charge in [-0.15, -0.1) is 0 Å². The van der Waals surface area contributed by atoms with Gasteiger partial charge in [0, 0.05) is 32.6 Å². The first kappa shape index (κ1) is 21.8. The predicted molar refractivity (Wildman–Crippen MR) is 128 cm³/mol. The number of hydrogen-bond donors (Lipinski definition) is 0. The standard InChI is InChI=1S/C27H34N3/c1-4-5-6-17-30-18-15-25(16-19-30)23-9-11-24(12-10-23)26(21-28)20-22-7-13-27(14-8-22)29(2)3/h7-9,11-15,18-20,23,25H,4-6,10,16-17H2,1-3H3/q+1/b26-20+. The Morgan fingerprint density at radius 2 is 1.90 bits per heavy atom. The Bertz CT molecular complexity index is 904. The van der Waals surface area contributed by atoms with Crippen LogP contribution in [0.4, 0.5) is 5.69 Å². The Morgan fingerprint density at radius 1 is 1.13 bits per heavy atom. The molecule has 0 bridgehead atoms. The third kappa shape index (κ3) is 5.83. The van der Waals surface area contributed by atoms with Gasteiger partial charge in [-0.25, -0.2) is 4.58 Å². The summed E-state index contributed by atoms with van der Waals surface area (Å²) >= 11 is 0. The van der Waals surface area contributed by atoms with Crippen molar-refractivity contribution < 1.29 is 4.58 Å². The van der Waals surface area contributed by atoms with E-state index in [0.29, 0.717) is 11.8 Å². The second-order valence-corrected chi connectivity index (χ2v) is 8.44. The maximum Gasteiger partial charge on any atom is 0.164 e. The second kappa shape index (κ2) is 10.8. The van der Waals surface area contributed by atoms with Crippen molar-refractivity contribution in [2.24, 2.45) is 11.8 Å². The minimum atomic E-state index is 0.512. The van der Waals surface area contributed by atoms with Crippen LogP contribution in [0.5, 0.6) is 0 Å².